The highest BCUT2D eigenvalue weighted by atomic mass is 16.2. The number of para-hydroxylation sites is 3. The number of benzene rings is 3. The maximum absolute atomic E-state index is 13.3. The molecule has 0 saturated carbocycles. The van der Waals surface area contributed by atoms with Gasteiger partial charge in [-0.2, -0.15) is 0 Å². The summed E-state index contributed by atoms with van der Waals surface area (Å²) < 4.78 is 0. The van der Waals surface area contributed by atoms with Crippen molar-refractivity contribution in [1.29, 1.82) is 0 Å². The molecule has 3 heteroatoms. The zero-order valence-corrected chi connectivity index (χ0v) is 13.7. The van der Waals surface area contributed by atoms with Gasteiger partial charge in [-0.05, 0) is 43.3 Å². The van der Waals surface area contributed by atoms with Crippen LogP contribution in [-0.4, -0.2) is 12.6 Å². The van der Waals surface area contributed by atoms with Crippen LogP contribution in [0.4, 0.5) is 21.9 Å². The first-order chi connectivity index (χ1) is 11.8. The number of amides is 2. The van der Waals surface area contributed by atoms with Crippen LogP contribution in [0.2, 0.25) is 0 Å². The fourth-order valence-corrected chi connectivity index (χ4v) is 2.68. The lowest BCUT2D eigenvalue weighted by atomic mass is 10.2. The minimum absolute atomic E-state index is 0.0684. The molecule has 0 aliphatic heterocycles. The predicted molar refractivity (Wildman–Crippen MR) is 99.9 cm³/mol. The van der Waals surface area contributed by atoms with Crippen LogP contribution in [0.25, 0.3) is 0 Å². The zero-order valence-electron chi connectivity index (χ0n) is 13.7. The molecule has 0 N–H and O–H groups in total. The van der Waals surface area contributed by atoms with Gasteiger partial charge in [-0.25, -0.2) is 4.79 Å². The van der Waals surface area contributed by atoms with Crippen molar-refractivity contribution in [3.63, 3.8) is 0 Å². The maximum Gasteiger partial charge on any atom is 0.333 e. The molecule has 120 valence electrons. The molecule has 0 spiro atoms. The number of carbonyl (C=O) groups excluding carboxylic acids is 1. The molecule has 3 aromatic rings. The van der Waals surface area contributed by atoms with Gasteiger partial charge in [-0.1, -0.05) is 54.6 Å². The average molecular weight is 316 g/mol. The van der Waals surface area contributed by atoms with Crippen molar-refractivity contribution in [2.24, 2.45) is 0 Å². The Balaban J connectivity index is 2.03. The number of urea groups is 1. The molecule has 0 aliphatic carbocycles. The van der Waals surface area contributed by atoms with Gasteiger partial charge >= 0.3 is 6.03 Å². The van der Waals surface area contributed by atoms with Crippen molar-refractivity contribution < 1.29 is 4.79 Å². The van der Waals surface area contributed by atoms with Crippen molar-refractivity contribution in [3.8, 4) is 0 Å². The summed E-state index contributed by atoms with van der Waals surface area (Å²) in [7, 11) is 0. The van der Waals surface area contributed by atoms with Crippen molar-refractivity contribution >= 4 is 23.1 Å². The summed E-state index contributed by atoms with van der Waals surface area (Å²) in [5.41, 5.74) is 2.59. The largest absolute Gasteiger partial charge is 0.333 e. The quantitative estimate of drug-likeness (QED) is 0.626. The lowest BCUT2D eigenvalue weighted by Gasteiger charge is -2.30. The van der Waals surface area contributed by atoms with E-state index in [0.717, 1.165) is 17.1 Å². The molecule has 0 aromatic heterocycles. The Morgan fingerprint density at radius 2 is 1.04 bits per heavy atom. The minimum Gasteiger partial charge on any atom is -0.294 e. The van der Waals surface area contributed by atoms with Gasteiger partial charge in [0, 0.05) is 12.2 Å². The fraction of sp³-hybridized carbons (Fsp3) is 0.0952. The number of hydrogen-bond donors (Lipinski definition) is 0. The third-order valence-corrected chi connectivity index (χ3v) is 3.84. The van der Waals surface area contributed by atoms with E-state index in [9.17, 15) is 4.79 Å². The molecule has 3 rings (SSSR count). The molecule has 3 aromatic carbocycles. The summed E-state index contributed by atoms with van der Waals surface area (Å²) in [4.78, 5) is 16.9. The third kappa shape index (κ3) is 3.30. The van der Waals surface area contributed by atoms with Gasteiger partial charge in [0.25, 0.3) is 0 Å². The Bertz CT molecular complexity index is 733. The molecular formula is C21H20N2O. The van der Waals surface area contributed by atoms with Gasteiger partial charge in [0.1, 0.15) is 0 Å². The van der Waals surface area contributed by atoms with E-state index in [-0.39, 0.29) is 6.03 Å². The van der Waals surface area contributed by atoms with Crippen LogP contribution in [0.1, 0.15) is 6.92 Å². The van der Waals surface area contributed by atoms with Crippen LogP contribution in [0.5, 0.6) is 0 Å². The van der Waals surface area contributed by atoms with E-state index in [0.29, 0.717) is 6.54 Å². The minimum atomic E-state index is -0.0684. The summed E-state index contributed by atoms with van der Waals surface area (Å²) in [5, 5.41) is 0. The molecule has 2 amide bonds. The molecule has 0 atom stereocenters. The summed E-state index contributed by atoms with van der Waals surface area (Å²) in [6, 6.07) is 29.1. The normalized spacial score (nSPS) is 10.2. The van der Waals surface area contributed by atoms with Crippen LogP contribution >= 0.6 is 0 Å². The Hall–Kier alpha value is -3.07. The smallest absolute Gasteiger partial charge is 0.294 e. The second kappa shape index (κ2) is 7.47. The number of anilines is 3. The van der Waals surface area contributed by atoms with Crippen molar-refractivity contribution in [1.82, 2.24) is 0 Å². The van der Waals surface area contributed by atoms with Crippen LogP contribution in [0.15, 0.2) is 91.0 Å². The molecule has 0 fully saturated rings. The van der Waals surface area contributed by atoms with Gasteiger partial charge in [0.15, 0.2) is 0 Å². The van der Waals surface area contributed by atoms with Crippen molar-refractivity contribution in [2.75, 3.05) is 16.3 Å². The monoisotopic (exact) mass is 316 g/mol. The van der Waals surface area contributed by atoms with Crippen molar-refractivity contribution in [3.05, 3.63) is 91.0 Å². The van der Waals surface area contributed by atoms with Crippen LogP contribution in [0.3, 0.4) is 0 Å². The van der Waals surface area contributed by atoms with E-state index in [2.05, 4.69) is 0 Å². The maximum atomic E-state index is 13.3. The standard InChI is InChI=1S/C21H20N2O/c1-2-22(18-12-6-3-7-13-18)21(24)23(19-14-8-4-9-15-19)20-16-10-5-11-17-20/h3-17H,2H2,1H3. The Kier molecular flexibility index (Phi) is 4.92. The molecule has 3 nitrogen and oxygen atoms in total. The first kappa shape index (κ1) is 15.8. The van der Waals surface area contributed by atoms with E-state index in [1.54, 1.807) is 9.80 Å². The highest BCUT2D eigenvalue weighted by molar-refractivity contribution is 6.08. The lowest BCUT2D eigenvalue weighted by molar-refractivity contribution is 0.254. The first-order valence-electron chi connectivity index (χ1n) is 8.08. The Labute approximate surface area is 142 Å². The predicted octanol–water partition coefficient (Wildman–Crippen LogP) is 5.47. The van der Waals surface area contributed by atoms with Gasteiger partial charge in [0.05, 0.1) is 11.4 Å². The zero-order chi connectivity index (χ0) is 16.8. The number of hydrogen-bond acceptors (Lipinski definition) is 1. The van der Waals surface area contributed by atoms with E-state index in [4.69, 9.17) is 0 Å². The SMILES string of the molecule is CCN(C(=O)N(c1ccccc1)c1ccccc1)c1ccccc1. The second-order valence-corrected chi connectivity index (χ2v) is 5.37. The van der Waals surface area contributed by atoms with Crippen molar-refractivity contribution in [2.45, 2.75) is 6.92 Å². The first-order valence-corrected chi connectivity index (χ1v) is 8.08. The molecule has 0 saturated heterocycles. The van der Waals surface area contributed by atoms with Gasteiger partial charge in [0.2, 0.25) is 0 Å². The average Bonchev–Trinajstić information content (AvgIpc) is 2.65. The fourth-order valence-electron chi connectivity index (χ4n) is 2.68. The van der Waals surface area contributed by atoms with Gasteiger partial charge in [-0.15, -0.1) is 0 Å². The van der Waals surface area contributed by atoms with E-state index < -0.39 is 0 Å². The van der Waals surface area contributed by atoms with Crippen LogP contribution < -0.4 is 9.80 Å². The molecular weight excluding hydrogens is 296 g/mol. The lowest BCUT2D eigenvalue weighted by Crippen LogP contribution is -2.41. The second-order valence-electron chi connectivity index (χ2n) is 5.37. The van der Waals surface area contributed by atoms with E-state index >= 15 is 0 Å². The van der Waals surface area contributed by atoms with E-state index in [1.165, 1.54) is 0 Å². The summed E-state index contributed by atoms with van der Waals surface area (Å²) in [6.07, 6.45) is 0. The summed E-state index contributed by atoms with van der Waals surface area (Å²) >= 11 is 0. The van der Waals surface area contributed by atoms with E-state index in [1.807, 2.05) is 97.9 Å². The molecule has 0 radical (unpaired) electrons. The Morgan fingerprint density at radius 1 is 0.667 bits per heavy atom. The van der Waals surface area contributed by atoms with Gasteiger partial charge < -0.3 is 0 Å². The number of carbonyl (C=O) groups is 1. The number of rotatable bonds is 4. The molecule has 0 heterocycles. The van der Waals surface area contributed by atoms with Crippen LogP contribution in [-0.2, 0) is 0 Å². The molecule has 0 bridgehead atoms. The highest BCUT2D eigenvalue weighted by Crippen LogP contribution is 2.28. The summed E-state index contributed by atoms with van der Waals surface area (Å²) in [5.74, 6) is 0. The third-order valence-electron chi connectivity index (χ3n) is 3.84. The summed E-state index contributed by atoms with van der Waals surface area (Å²) in [6.45, 7) is 2.58. The highest BCUT2D eigenvalue weighted by Gasteiger charge is 2.23. The molecule has 24 heavy (non-hydrogen) atoms. The van der Waals surface area contributed by atoms with Crippen LogP contribution in [0, 0.1) is 0 Å². The molecule has 0 unspecified atom stereocenters. The topological polar surface area (TPSA) is 23.6 Å². The van der Waals surface area contributed by atoms with Gasteiger partial charge in [-0.3, -0.25) is 9.80 Å². The number of nitrogens with zero attached hydrogens (tertiary/aromatic N) is 2. The Morgan fingerprint density at radius 3 is 1.42 bits per heavy atom. The molecule has 0 aliphatic rings.